The molecule has 0 spiro atoms. The van der Waals surface area contributed by atoms with Crippen LogP contribution in [0.4, 0.5) is 26.3 Å². The van der Waals surface area contributed by atoms with Crippen LogP contribution in [0.15, 0.2) is 47.6 Å². The van der Waals surface area contributed by atoms with Gasteiger partial charge in [0.1, 0.15) is 7.85 Å². The summed E-state index contributed by atoms with van der Waals surface area (Å²) < 4.78 is 81.9. The van der Waals surface area contributed by atoms with Crippen LogP contribution in [0, 0.1) is 0 Å². The molecule has 1 atom stereocenters. The van der Waals surface area contributed by atoms with Gasteiger partial charge in [0, 0.05) is 12.6 Å². The number of alkyl halides is 6. The second kappa shape index (κ2) is 6.51. The minimum absolute atomic E-state index is 0.0571. The average molecular weight is 423 g/mol. The third kappa shape index (κ3) is 3.03. The maximum absolute atomic E-state index is 14.1. The molecule has 2 heterocycles. The number of rotatable bonds is 2. The first kappa shape index (κ1) is 20.3. The maximum atomic E-state index is 14.1. The van der Waals surface area contributed by atoms with Crippen LogP contribution in [-0.4, -0.2) is 29.5 Å². The van der Waals surface area contributed by atoms with Crippen LogP contribution in [0.5, 0.6) is 0 Å². The van der Waals surface area contributed by atoms with E-state index in [1.807, 2.05) is 0 Å². The highest BCUT2D eigenvalue weighted by Gasteiger charge is 2.64. The summed E-state index contributed by atoms with van der Waals surface area (Å²) in [6.07, 6.45) is -10.8. The van der Waals surface area contributed by atoms with Gasteiger partial charge in [-0.2, -0.15) is 31.4 Å². The molecule has 4 nitrogen and oxygen atoms in total. The first-order valence-electron chi connectivity index (χ1n) is 8.65. The van der Waals surface area contributed by atoms with Crippen molar-refractivity contribution in [2.75, 3.05) is 0 Å². The van der Waals surface area contributed by atoms with E-state index >= 15 is 0 Å². The van der Waals surface area contributed by atoms with E-state index in [9.17, 15) is 26.3 Å². The summed E-state index contributed by atoms with van der Waals surface area (Å²) in [6.45, 7) is 0. The molecule has 2 aromatic carbocycles. The average Bonchev–Trinajstić information content (AvgIpc) is 3.26. The summed E-state index contributed by atoms with van der Waals surface area (Å²) >= 11 is 0. The maximum Gasteiger partial charge on any atom is 0.437 e. The van der Waals surface area contributed by atoms with Gasteiger partial charge in [0.25, 0.3) is 5.60 Å². The van der Waals surface area contributed by atoms with Crippen molar-refractivity contribution in [3.05, 3.63) is 59.4 Å². The zero-order valence-electron chi connectivity index (χ0n) is 15.3. The number of benzene rings is 2. The minimum atomic E-state index is -5.06. The molecular formula is C19H12BF6N3O. The zero-order chi connectivity index (χ0) is 21.9. The Bertz CT molecular complexity index is 1170. The highest BCUT2D eigenvalue weighted by atomic mass is 19.4. The molecule has 30 heavy (non-hydrogen) atoms. The van der Waals surface area contributed by atoms with Crippen LogP contribution < -0.4 is 5.46 Å². The van der Waals surface area contributed by atoms with Crippen molar-refractivity contribution in [1.82, 2.24) is 9.78 Å². The molecule has 2 radical (unpaired) electrons. The third-order valence-corrected chi connectivity index (χ3v) is 5.04. The SMILES string of the molecule is [B]c1ccc(C2=NOC(c3cc(C(F)(F)F)nn3C)(C(F)(F)F)C2)c2ccccc12. The fourth-order valence-electron chi connectivity index (χ4n) is 3.57. The molecule has 0 saturated heterocycles. The van der Waals surface area contributed by atoms with E-state index in [0.29, 0.717) is 32.5 Å². The van der Waals surface area contributed by atoms with Crippen molar-refractivity contribution < 1.29 is 31.2 Å². The van der Waals surface area contributed by atoms with Crippen molar-refractivity contribution in [3.63, 3.8) is 0 Å². The molecule has 1 aliphatic rings. The number of hydrogen-bond donors (Lipinski definition) is 0. The van der Waals surface area contributed by atoms with E-state index in [4.69, 9.17) is 12.7 Å². The Balaban J connectivity index is 1.83. The Labute approximate surface area is 167 Å². The van der Waals surface area contributed by atoms with Gasteiger partial charge < -0.3 is 4.84 Å². The lowest BCUT2D eigenvalue weighted by molar-refractivity contribution is -0.278. The number of fused-ring (bicyclic) bond motifs is 1. The summed E-state index contributed by atoms with van der Waals surface area (Å²) in [4.78, 5) is 4.85. The molecule has 0 fully saturated rings. The van der Waals surface area contributed by atoms with Gasteiger partial charge in [0.2, 0.25) is 0 Å². The Hall–Kier alpha value is -2.98. The van der Waals surface area contributed by atoms with Gasteiger partial charge in [-0.15, -0.1) is 0 Å². The van der Waals surface area contributed by atoms with Gasteiger partial charge in [-0.25, -0.2) is 0 Å². The van der Waals surface area contributed by atoms with Crippen molar-refractivity contribution in [2.24, 2.45) is 12.2 Å². The van der Waals surface area contributed by atoms with Crippen molar-refractivity contribution >= 4 is 29.8 Å². The van der Waals surface area contributed by atoms with Crippen LogP contribution in [0.1, 0.15) is 23.4 Å². The lowest BCUT2D eigenvalue weighted by Crippen LogP contribution is -2.44. The monoisotopic (exact) mass is 423 g/mol. The fraction of sp³-hybridized carbons (Fsp3) is 0.263. The molecule has 1 unspecified atom stereocenters. The lowest BCUT2D eigenvalue weighted by Gasteiger charge is -2.29. The van der Waals surface area contributed by atoms with Gasteiger partial charge in [-0.1, -0.05) is 47.0 Å². The Kier molecular flexibility index (Phi) is 4.41. The molecule has 0 N–H and O–H groups in total. The number of aryl methyl sites for hydroxylation is 1. The normalized spacial score (nSPS) is 19.8. The Morgan fingerprint density at radius 1 is 1.03 bits per heavy atom. The summed E-state index contributed by atoms with van der Waals surface area (Å²) in [5.74, 6) is 0. The topological polar surface area (TPSA) is 39.4 Å². The van der Waals surface area contributed by atoms with E-state index < -0.39 is 35.8 Å². The molecule has 3 aromatic rings. The van der Waals surface area contributed by atoms with Gasteiger partial charge in [0.15, 0.2) is 5.69 Å². The molecule has 4 rings (SSSR count). The second-order valence-corrected chi connectivity index (χ2v) is 6.91. The van der Waals surface area contributed by atoms with E-state index in [1.54, 1.807) is 24.3 Å². The highest BCUT2D eigenvalue weighted by molar-refractivity contribution is 6.39. The molecule has 1 aliphatic heterocycles. The number of aromatic nitrogens is 2. The summed E-state index contributed by atoms with van der Waals surface area (Å²) in [7, 11) is 6.93. The standard InChI is InChI=1S/C19H12BF6N3O/c1-29-16(8-15(27-29)18(21,22)23)17(19(24,25)26)9-14(28-30-17)12-6-7-13(20)11-5-3-2-4-10(11)12/h2-8H,9H2,1H3. The first-order valence-corrected chi connectivity index (χ1v) is 8.65. The number of hydrogen-bond acceptors (Lipinski definition) is 3. The van der Waals surface area contributed by atoms with E-state index in [2.05, 4.69) is 10.3 Å². The van der Waals surface area contributed by atoms with E-state index in [-0.39, 0.29) is 5.71 Å². The lowest BCUT2D eigenvalue weighted by atomic mass is 9.84. The molecule has 0 saturated carbocycles. The van der Waals surface area contributed by atoms with E-state index in [0.717, 1.165) is 7.05 Å². The van der Waals surface area contributed by atoms with E-state index in [1.165, 1.54) is 12.1 Å². The summed E-state index contributed by atoms with van der Waals surface area (Å²) in [5.41, 5.74) is -4.62. The fourth-order valence-corrected chi connectivity index (χ4v) is 3.57. The van der Waals surface area contributed by atoms with Gasteiger partial charge in [-0.05, 0) is 16.8 Å². The minimum Gasteiger partial charge on any atom is -0.372 e. The van der Waals surface area contributed by atoms with Crippen molar-refractivity contribution in [3.8, 4) is 0 Å². The van der Waals surface area contributed by atoms with Crippen molar-refractivity contribution in [2.45, 2.75) is 24.4 Å². The van der Waals surface area contributed by atoms with Crippen LogP contribution >= 0.6 is 0 Å². The quantitative estimate of drug-likeness (QED) is 0.463. The molecule has 0 amide bonds. The smallest absolute Gasteiger partial charge is 0.372 e. The molecule has 1 aromatic heterocycles. The summed E-state index contributed by atoms with van der Waals surface area (Å²) in [6, 6.07) is 10.2. The predicted octanol–water partition coefficient (Wildman–Crippen LogP) is 3.97. The number of oxime groups is 1. The van der Waals surface area contributed by atoms with Crippen LogP contribution in [0.2, 0.25) is 0 Å². The predicted molar refractivity (Wildman–Crippen MR) is 97.5 cm³/mol. The largest absolute Gasteiger partial charge is 0.437 e. The first-order chi connectivity index (χ1) is 13.9. The second-order valence-electron chi connectivity index (χ2n) is 6.91. The van der Waals surface area contributed by atoms with Gasteiger partial charge >= 0.3 is 12.4 Å². The Morgan fingerprint density at radius 3 is 2.30 bits per heavy atom. The van der Waals surface area contributed by atoms with Gasteiger partial charge in [0.05, 0.1) is 17.8 Å². The van der Waals surface area contributed by atoms with Gasteiger partial charge in [-0.3, -0.25) is 4.68 Å². The summed E-state index contributed by atoms with van der Waals surface area (Å²) in [5, 5.41) is 7.98. The number of halogens is 6. The molecular weight excluding hydrogens is 411 g/mol. The number of nitrogens with zero attached hydrogens (tertiary/aromatic N) is 3. The highest BCUT2D eigenvalue weighted by Crippen LogP contribution is 2.49. The zero-order valence-corrected chi connectivity index (χ0v) is 15.3. The van der Waals surface area contributed by atoms with Crippen LogP contribution in [0.3, 0.4) is 0 Å². The van der Waals surface area contributed by atoms with Crippen molar-refractivity contribution in [1.29, 1.82) is 0 Å². The molecule has 11 heteroatoms. The molecule has 0 aliphatic carbocycles. The third-order valence-electron chi connectivity index (χ3n) is 5.04. The molecule has 0 bridgehead atoms. The molecule has 154 valence electrons. The van der Waals surface area contributed by atoms with Crippen LogP contribution in [-0.2, 0) is 23.7 Å². The van der Waals surface area contributed by atoms with Crippen LogP contribution in [0.25, 0.3) is 10.8 Å². The Morgan fingerprint density at radius 2 is 1.70 bits per heavy atom.